The van der Waals surface area contributed by atoms with Gasteiger partial charge in [0.15, 0.2) is 5.78 Å². The molecule has 0 aliphatic carbocycles. The van der Waals surface area contributed by atoms with Crippen molar-refractivity contribution in [2.45, 2.75) is 12.1 Å². The molecule has 3 heterocycles. The SMILES string of the molecule is O=C1NC(=O)[C@@H]2[C@@H]1[C@@H]1C=Cc3ccc(Cl)cc3N1[C@H]2C(=O)c1ccc(Br)cc1. The summed E-state index contributed by atoms with van der Waals surface area (Å²) < 4.78 is 0.859. The molecule has 2 amide bonds. The second-order valence-corrected chi connectivity index (χ2v) is 8.53. The largest absolute Gasteiger partial charge is 0.352 e. The molecule has 0 saturated carbocycles. The molecule has 4 atom stereocenters. The van der Waals surface area contributed by atoms with Gasteiger partial charge in [-0.2, -0.15) is 0 Å². The van der Waals surface area contributed by atoms with Crippen LogP contribution in [0.2, 0.25) is 5.02 Å². The summed E-state index contributed by atoms with van der Waals surface area (Å²) in [6, 6.07) is 11.3. The number of amides is 2. The Hall–Kier alpha value is -2.44. The molecule has 1 N–H and O–H groups in total. The van der Waals surface area contributed by atoms with Gasteiger partial charge in [0.05, 0.1) is 17.9 Å². The monoisotopic (exact) mass is 456 g/mol. The predicted molar refractivity (Wildman–Crippen MR) is 109 cm³/mol. The van der Waals surface area contributed by atoms with Crippen molar-refractivity contribution in [2.75, 3.05) is 4.90 Å². The maximum absolute atomic E-state index is 13.5. The number of nitrogens with zero attached hydrogens (tertiary/aromatic N) is 1. The van der Waals surface area contributed by atoms with Crippen LogP contribution < -0.4 is 10.2 Å². The van der Waals surface area contributed by atoms with E-state index in [9.17, 15) is 14.4 Å². The molecule has 140 valence electrons. The first-order valence-corrected chi connectivity index (χ1v) is 10.0. The summed E-state index contributed by atoms with van der Waals surface area (Å²) in [6.45, 7) is 0. The fraction of sp³-hybridized carbons (Fsp3) is 0.190. The molecule has 0 unspecified atom stereocenters. The second kappa shape index (κ2) is 6.29. The van der Waals surface area contributed by atoms with Crippen LogP contribution in [0.4, 0.5) is 5.69 Å². The molecule has 5 nitrogen and oxygen atoms in total. The van der Waals surface area contributed by atoms with E-state index in [2.05, 4.69) is 21.2 Å². The van der Waals surface area contributed by atoms with Gasteiger partial charge in [-0.15, -0.1) is 0 Å². The lowest BCUT2D eigenvalue weighted by Gasteiger charge is -2.36. The smallest absolute Gasteiger partial charge is 0.233 e. The Kier molecular flexibility index (Phi) is 3.96. The first kappa shape index (κ1) is 17.6. The number of hydrogen-bond acceptors (Lipinski definition) is 4. The van der Waals surface area contributed by atoms with Gasteiger partial charge in [-0.3, -0.25) is 19.7 Å². The fourth-order valence-electron chi connectivity index (χ4n) is 4.53. The topological polar surface area (TPSA) is 66.5 Å². The van der Waals surface area contributed by atoms with Crippen molar-refractivity contribution >= 4 is 56.9 Å². The fourth-order valence-corrected chi connectivity index (χ4v) is 4.96. The van der Waals surface area contributed by atoms with Gasteiger partial charge in [-0.1, -0.05) is 57.9 Å². The summed E-state index contributed by atoms with van der Waals surface area (Å²) in [6.07, 6.45) is 3.83. The van der Waals surface area contributed by atoms with E-state index < -0.39 is 23.8 Å². The van der Waals surface area contributed by atoms with Crippen LogP contribution >= 0.6 is 27.5 Å². The van der Waals surface area contributed by atoms with Crippen LogP contribution in [-0.2, 0) is 9.59 Å². The molecule has 2 fully saturated rings. The number of imide groups is 1. The quantitative estimate of drug-likeness (QED) is 0.554. The Morgan fingerprint density at radius 2 is 1.75 bits per heavy atom. The molecule has 0 aromatic heterocycles. The lowest BCUT2D eigenvalue weighted by atomic mass is 9.86. The zero-order valence-electron chi connectivity index (χ0n) is 14.4. The highest BCUT2D eigenvalue weighted by molar-refractivity contribution is 9.10. The Morgan fingerprint density at radius 3 is 2.50 bits per heavy atom. The van der Waals surface area contributed by atoms with E-state index in [-0.39, 0.29) is 17.7 Å². The van der Waals surface area contributed by atoms with Crippen LogP contribution in [0.5, 0.6) is 0 Å². The molecule has 5 rings (SSSR count). The summed E-state index contributed by atoms with van der Waals surface area (Å²) >= 11 is 9.59. The third kappa shape index (κ3) is 2.48. The molecule has 2 aromatic rings. The summed E-state index contributed by atoms with van der Waals surface area (Å²) in [7, 11) is 0. The number of nitrogens with one attached hydrogen (secondary N) is 1. The molecule has 0 radical (unpaired) electrons. The van der Waals surface area contributed by atoms with Crippen molar-refractivity contribution < 1.29 is 14.4 Å². The van der Waals surface area contributed by atoms with E-state index in [1.165, 1.54) is 0 Å². The highest BCUT2D eigenvalue weighted by Crippen LogP contribution is 2.47. The van der Waals surface area contributed by atoms with Crippen molar-refractivity contribution in [2.24, 2.45) is 11.8 Å². The average molecular weight is 458 g/mol. The molecule has 0 spiro atoms. The number of fused-ring (bicyclic) bond motifs is 5. The number of halogens is 2. The molecule has 28 heavy (non-hydrogen) atoms. The van der Waals surface area contributed by atoms with E-state index in [0.29, 0.717) is 10.6 Å². The van der Waals surface area contributed by atoms with Gasteiger partial charge in [-0.25, -0.2) is 0 Å². The Morgan fingerprint density at radius 1 is 1.04 bits per heavy atom. The lowest BCUT2D eigenvalue weighted by molar-refractivity contribution is -0.126. The normalized spacial score (nSPS) is 27.3. The minimum atomic E-state index is -0.773. The molecule has 2 saturated heterocycles. The number of anilines is 1. The van der Waals surface area contributed by atoms with Gasteiger partial charge in [-0.05, 0) is 29.8 Å². The van der Waals surface area contributed by atoms with Crippen molar-refractivity contribution in [3.63, 3.8) is 0 Å². The van der Waals surface area contributed by atoms with E-state index in [1.54, 1.807) is 36.4 Å². The summed E-state index contributed by atoms with van der Waals surface area (Å²) in [5.74, 6) is -2.23. The average Bonchev–Trinajstić information content (AvgIpc) is 3.17. The standard InChI is InChI=1S/C21H14BrClN2O3/c22-12-5-1-11(2-6-12)19(26)18-17-16(20(27)24-21(17)28)14-8-4-10-3-7-13(23)9-15(10)25(14)18/h1-9,14,16-18H,(H,24,27,28)/t14-,16-,17+,18+/m0/s1. The maximum atomic E-state index is 13.5. The van der Waals surface area contributed by atoms with Crippen LogP contribution in [-0.4, -0.2) is 29.7 Å². The van der Waals surface area contributed by atoms with Gasteiger partial charge < -0.3 is 4.90 Å². The third-order valence-electron chi connectivity index (χ3n) is 5.71. The number of benzene rings is 2. The van der Waals surface area contributed by atoms with Crippen LogP contribution in [0.1, 0.15) is 15.9 Å². The van der Waals surface area contributed by atoms with Crippen molar-refractivity contribution in [3.05, 3.63) is 69.2 Å². The first-order chi connectivity index (χ1) is 13.5. The molecule has 2 aromatic carbocycles. The minimum Gasteiger partial charge on any atom is -0.352 e. The van der Waals surface area contributed by atoms with Crippen molar-refractivity contribution in [1.29, 1.82) is 0 Å². The highest BCUT2D eigenvalue weighted by atomic mass is 79.9. The summed E-state index contributed by atoms with van der Waals surface area (Å²) in [4.78, 5) is 40.5. The summed E-state index contributed by atoms with van der Waals surface area (Å²) in [5.41, 5.74) is 2.17. The van der Waals surface area contributed by atoms with Crippen molar-refractivity contribution in [3.8, 4) is 0 Å². The molecular formula is C21H14BrClN2O3. The molecule has 0 bridgehead atoms. The number of ketones is 1. The van der Waals surface area contributed by atoms with E-state index >= 15 is 0 Å². The third-order valence-corrected chi connectivity index (χ3v) is 6.47. The minimum absolute atomic E-state index is 0.184. The molecule has 3 aliphatic heterocycles. The number of rotatable bonds is 2. The van der Waals surface area contributed by atoms with Crippen molar-refractivity contribution in [1.82, 2.24) is 5.32 Å². The number of carbonyl (C=O) groups excluding carboxylic acids is 3. The second-order valence-electron chi connectivity index (χ2n) is 7.18. The van der Waals surface area contributed by atoms with Gasteiger partial charge in [0.25, 0.3) is 0 Å². The van der Waals surface area contributed by atoms with Gasteiger partial charge in [0.1, 0.15) is 6.04 Å². The first-order valence-electron chi connectivity index (χ1n) is 8.86. The van der Waals surface area contributed by atoms with Gasteiger partial charge in [0, 0.05) is 20.7 Å². The van der Waals surface area contributed by atoms with Crippen LogP contribution in [0.3, 0.4) is 0 Å². The summed E-state index contributed by atoms with van der Waals surface area (Å²) in [5, 5.41) is 2.95. The number of carbonyl (C=O) groups is 3. The predicted octanol–water partition coefficient (Wildman–Crippen LogP) is 3.46. The van der Waals surface area contributed by atoms with E-state index in [4.69, 9.17) is 11.6 Å². The molecule has 3 aliphatic rings. The number of Topliss-reactive ketones (excluding diaryl/α,β-unsaturated/α-hetero) is 1. The van der Waals surface area contributed by atoms with Crippen LogP contribution in [0.15, 0.2) is 53.0 Å². The Labute approximate surface area is 174 Å². The van der Waals surface area contributed by atoms with E-state index in [1.807, 2.05) is 23.1 Å². The highest BCUT2D eigenvalue weighted by Gasteiger charge is 2.61. The zero-order chi connectivity index (χ0) is 19.6. The Balaban J connectivity index is 1.67. The van der Waals surface area contributed by atoms with Crippen LogP contribution in [0.25, 0.3) is 6.08 Å². The Bertz CT molecular complexity index is 1070. The van der Waals surface area contributed by atoms with E-state index in [0.717, 1.165) is 15.7 Å². The lowest BCUT2D eigenvalue weighted by Crippen LogP contribution is -2.47. The van der Waals surface area contributed by atoms with Gasteiger partial charge >= 0.3 is 0 Å². The maximum Gasteiger partial charge on any atom is 0.233 e. The number of hydrogen-bond donors (Lipinski definition) is 1. The molecular weight excluding hydrogens is 444 g/mol. The molecule has 7 heteroatoms. The van der Waals surface area contributed by atoms with Crippen LogP contribution in [0, 0.1) is 11.8 Å². The zero-order valence-corrected chi connectivity index (χ0v) is 16.8. The van der Waals surface area contributed by atoms with Gasteiger partial charge in [0.2, 0.25) is 11.8 Å².